The van der Waals surface area contributed by atoms with Gasteiger partial charge in [0.25, 0.3) is 0 Å². The van der Waals surface area contributed by atoms with Crippen LogP contribution in [-0.2, 0) is 339 Å². The Kier molecular flexibility index (Phi) is 108. The minimum Gasteiger partial charge on any atom is -0.461 e. The maximum Gasteiger partial charge on any atom is 0.508 e. The van der Waals surface area contributed by atoms with E-state index in [0.717, 1.165) is 0 Å². The molecule has 6 atom stereocenters. The molecule has 0 aliphatic carbocycles. The summed E-state index contributed by atoms with van der Waals surface area (Å²) < 4.78 is 114. The predicted molar refractivity (Wildman–Crippen MR) is 401 cm³/mol. The second-order valence-electron chi connectivity index (χ2n) is 25.9. The molecule has 48 heteroatoms. The summed E-state index contributed by atoms with van der Waals surface area (Å²) in [5.74, 6) is -3.51. The first-order chi connectivity index (χ1) is 53.0. The van der Waals surface area contributed by atoms with E-state index in [1.807, 2.05) is 0 Å². The minimum absolute atomic E-state index is 0. The van der Waals surface area contributed by atoms with Gasteiger partial charge < -0.3 is 144 Å². The largest absolute Gasteiger partial charge is 0.508 e. The molecule has 42 nitrogen and oxygen atoms in total. The number of methoxy groups -OCH3 is 6. The van der Waals surface area contributed by atoms with Crippen molar-refractivity contribution in [2.75, 3.05) is 162 Å². The first-order valence-electron chi connectivity index (χ1n) is 36.2. The molecule has 698 valence electrons. The number of hydrogen-bond acceptors (Lipinski definition) is 42. The molecule has 0 aromatic carbocycles. The molecule has 0 aromatic rings. The van der Waals surface area contributed by atoms with Crippen LogP contribution in [0.25, 0.3) is 0 Å². The van der Waals surface area contributed by atoms with Crippen molar-refractivity contribution in [1.82, 2.24) is 0 Å². The summed E-state index contributed by atoms with van der Waals surface area (Å²) in [6, 6.07) is 0. The van der Waals surface area contributed by atoms with E-state index in [4.69, 9.17) is 56.8 Å². The van der Waals surface area contributed by atoms with Gasteiger partial charge in [-0.3, -0.25) is 0 Å². The fourth-order valence-electron chi connectivity index (χ4n) is 6.02. The third kappa shape index (κ3) is 86.4. The number of esters is 6. The van der Waals surface area contributed by atoms with Crippen LogP contribution in [0, 0.1) is 0 Å². The van der Waals surface area contributed by atoms with E-state index in [0.29, 0.717) is 38.5 Å². The second kappa shape index (κ2) is 87.9. The molecule has 0 saturated carbocycles. The fourth-order valence-corrected chi connectivity index (χ4v) is 6.02. The predicted octanol–water partition coefficient (Wildman–Crippen LogP) is 5.89. The molecule has 0 aliphatic rings. The molecule has 0 aliphatic heterocycles. The van der Waals surface area contributed by atoms with Gasteiger partial charge in [-0.05, 0) is 122 Å². The normalized spacial score (nSPS) is 12.0. The monoisotopic (exact) mass is 2220 g/mol. The van der Waals surface area contributed by atoms with Gasteiger partial charge in [-0.1, -0.05) is 49.0 Å². The summed E-state index contributed by atoms with van der Waals surface area (Å²) in [4.78, 5) is 134. The number of hydrogen-bond donors (Lipinski definition) is 6. The van der Waals surface area contributed by atoms with Gasteiger partial charge in [-0.15, -0.1) is 0 Å². The first kappa shape index (κ1) is 148. The number of ether oxygens (including phenoxy) is 24. The number of carbonyl (C=O) groups is 12. The van der Waals surface area contributed by atoms with Crippen molar-refractivity contribution in [2.45, 2.75) is 241 Å². The molecule has 0 spiro atoms. The maximum atomic E-state index is 11.7. The van der Waals surface area contributed by atoms with Gasteiger partial charge in [0.2, 0.25) is 0 Å². The zero-order valence-electron chi connectivity index (χ0n) is 74.3. The Morgan fingerprint density at radius 2 is 0.306 bits per heavy atom. The van der Waals surface area contributed by atoms with Gasteiger partial charge >= 0.3 is 72.7 Å². The molecule has 6 radical (unpaired) electrons. The van der Waals surface area contributed by atoms with Gasteiger partial charge in [-0.25, -0.2) is 57.5 Å². The van der Waals surface area contributed by atoms with E-state index >= 15 is 0 Å². The van der Waals surface area contributed by atoms with E-state index in [9.17, 15) is 88.2 Å². The minimum atomic E-state index is -1.17. The summed E-state index contributed by atoms with van der Waals surface area (Å²) in [7, 11) is 7.19. The van der Waals surface area contributed by atoms with Crippen molar-refractivity contribution in [3.05, 3.63) is 0 Å². The van der Waals surface area contributed by atoms with Crippen LogP contribution in [0.15, 0.2) is 0 Å². The quantitative estimate of drug-likeness (QED) is 0.0235. The summed E-state index contributed by atoms with van der Waals surface area (Å²) in [6.07, 6.45) is -5.92. The number of carbonyl (C=O) groups excluding carboxylic acids is 12. The zero-order valence-corrected chi connectivity index (χ0v) is 91.3. The molecule has 0 bridgehead atoms. The molecule has 0 aromatic heterocycles. The number of rotatable bonds is 48. The summed E-state index contributed by atoms with van der Waals surface area (Å²) in [5, 5.41) is 55.7. The second-order valence-corrected chi connectivity index (χ2v) is 25.9. The molecule has 6 unspecified atom stereocenters. The Morgan fingerprint density at radius 1 is 0.207 bits per heavy atom. The van der Waals surface area contributed by atoms with Crippen molar-refractivity contribution >= 4 is 72.7 Å². The van der Waals surface area contributed by atoms with Crippen LogP contribution in [0.4, 0.5) is 28.8 Å². The molecule has 6 N–H and O–H groups in total. The average molecular weight is 2220 g/mol. The van der Waals surface area contributed by atoms with Crippen molar-refractivity contribution in [3.63, 3.8) is 0 Å². The van der Waals surface area contributed by atoms with Crippen LogP contribution in [0.3, 0.4) is 0 Å². The average Bonchev–Trinajstić information content (AvgIpc) is 0.918. The summed E-state index contributed by atoms with van der Waals surface area (Å²) in [5.41, 5.74) is -7.04. The van der Waals surface area contributed by atoms with Crippen LogP contribution in [0.1, 0.15) is 171 Å². The Morgan fingerprint density at radius 3 is 0.388 bits per heavy atom. The molecule has 0 heterocycles. The van der Waals surface area contributed by atoms with Crippen LogP contribution in [0.5, 0.6) is 0 Å². The Labute approximate surface area is 863 Å². The third-order valence-electron chi connectivity index (χ3n) is 13.8. The van der Waals surface area contributed by atoms with Crippen molar-refractivity contribution in [3.8, 4) is 0 Å². The van der Waals surface area contributed by atoms with Gasteiger partial charge in [-0.2, -0.15) is 0 Å². The van der Waals surface area contributed by atoms with E-state index in [2.05, 4.69) is 56.8 Å². The molecule has 0 fully saturated rings. The van der Waals surface area contributed by atoms with Crippen LogP contribution in [0.2, 0.25) is 0 Å². The van der Waals surface area contributed by atoms with E-state index in [-0.39, 0.29) is 323 Å². The van der Waals surface area contributed by atoms with Crippen LogP contribution in [-0.4, -0.2) is 335 Å². The van der Waals surface area contributed by atoms with Gasteiger partial charge in [0.1, 0.15) is 79.3 Å². The molecule has 0 saturated heterocycles. The number of aliphatic hydroxyl groups is 6. The Balaban J connectivity index is -0.000000104. The van der Waals surface area contributed by atoms with Crippen molar-refractivity contribution in [2.24, 2.45) is 0 Å². The molecular formula is C73H136O42Y6. The smallest absolute Gasteiger partial charge is 0.461 e. The third-order valence-corrected chi connectivity index (χ3v) is 13.8. The Hall–Kier alpha value is -1.42. The van der Waals surface area contributed by atoms with Crippen LogP contribution < -0.4 is 0 Å². The maximum absolute atomic E-state index is 11.7. The summed E-state index contributed by atoms with van der Waals surface area (Å²) in [6.45, 7) is 28.7. The van der Waals surface area contributed by atoms with Crippen molar-refractivity contribution in [1.29, 1.82) is 0 Å². The Bertz CT molecular complexity index is 2210. The summed E-state index contributed by atoms with van der Waals surface area (Å²) >= 11 is 0. The van der Waals surface area contributed by atoms with Gasteiger partial charge in [0, 0.05) is 196 Å². The van der Waals surface area contributed by atoms with E-state index in [1.54, 1.807) is 41.5 Å². The zero-order chi connectivity index (χ0) is 89.3. The molecular weight excluding hydrogens is 2080 g/mol. The fraction of sp³-hybridized carbons (Fsp3) is 0.836. The van der Waals surface area contributed by atoms with E-state index < -0.39 is 143 Å². The molecule has 0 rings (SSSR count). The molecule has 121 heavy (non-hydrogen) atoms. The topological polar surface area (TPSA) is 548 Å². The van der Waals surface area contributed by atoms with Gasteiger partial charge in [0.15, 0.2) is 33.6 Å². The van der Waals surface area contributed by atoms with Crippen molar-refractivity contribution < 1.29 is 398 Å². The standard InChI is InChI=1S/6C12H22O7.CH4.6Y/c6*1-5-9(13)8-18-10(14)12(2,3)19-7-6-17-11(15)16-4;;;;;;;/h6*9,13H,5-8H2,1-4H3;1H4;;;;;;. The van der Waals surface area contributed by atoms with Crippen LogP contribution >= 0.6 is 0 Å². The first-order valence-corrected chi connectivity index (χ1v) is 36.2. The van der Waals surface area contributed by atoms with E-state index in [1.165, 1.54) is 126 Å². The SMILES string of the molecule is C.CCC(O)COC(=O)C(C)(C)OCCOC(=O)OC.CCC(O)COC(=O)C(C)(C)OCCOC(=O)OC.CCC(O)COC(=O)C(C)(C)OCCOC(=O)OC.CCC(O)COC(=O)C(C)(C)OCCOC(=O)OC.CCC(O)COC(=O)C(C)(C)OCCOC(=O)OC.CCC(O)COC(=O)C(C)(C)OCCOC(=O)OC.[Y].[Y].[Y].[Y].[Y].[Y]. The number of aliphatic hydroxyl groups excluding tert-OH is 6. The molecule has 0 amide bonds. The van der Waals surface area contributed by atoms with Gasteiger partial charge in [0.05, 0.1) is 119 Å².